The van der Waals surface area contributed by atoms with Crippen molar-refractivity contribution >= 4 is 41.1 Å². The molecule has 2 aliphatic carbocycles. The van der Waals surface area contributed by atoms with Gasteiger partial charge >= 0.3 is 23.9 Å². The Morgan fingerprint density at radius 2 is 1.40 bits per heavy atom. The lowest BCUT2D eigenvalue weighted by atomic mass is 9.84. The molecule has 1 unspecified atom stereocenters. The van der Waals surface area contributed by atoms with E-state index in [1.807, 2.05) is 30.3 Å². The highest BCUT2D eigenvalue weighted by Gasteiger charge is 2.54. The van der Waals surface area contributed by atoms with E-state index in [-0.39, 0.29) is 5.91 Å². The first-order chi connectivity index (χ1) is 22.4. The first kappa shape index (κ1) is 34.1. The van der Waals surface area contributed by atoms with Crippen LogP contribution in [-0.4, -0.2) is 66.5 Å². The Morgan fingerprint density at radius 3 is 2.02 bits per heavy atom. The normalized spacial score (nSPS) is 24.1. The van der Waals surface area contributed by atoms with E-state index in [0.29, 0.717) is 30.9 Å². The van der Waals surface area contributed by atoms with Gasteiger partial charge in [0, 0.05) is 55.5 Å². The summed E-state index contributed by atoms with van der Waals surface area (Å²) in [4.78, 5) is 63.1. The Morgan fingerprint density at radius 1 is 0.787 bits per heavy atom. The number of ether oxygens (including phenoxy) is 5. The highest BCUT2D eigenvalue weighted by atomic mass is 32.1. The van der Waals surface area contributed by atoms with Gasteiger partial charge in [0.2, 0.25) is 12.4 Å². The van der Waals surface area contributed by atoms with E-state index >= 15 is 0 Å². The van der Waals surface area contributed by atoms with Gasteiger partial charge in [0.25, 0.3) is 5.91 Å². The van der Waals surface area contributed by atoms with Crippen LogP contribution in [-0.2, 0) is 49.3 Å². The highest BCUT2D eigenvalue weighted by molar-refractivity contribution is 7.15. The number of allylic oxidation sites excluding steroid dienone is 3. The summed E-state index contributed by atoms with van der Waals surface area (Å²) in [5.74, 6) is -2.83. The third-order valence-electron chi connectivity index (χ3n) is 8.12. The zero-order valence-electron chi connectivity index (χ0n) is 27.0. The number of rotatable bonds is 10. The van der Waals surface area contributed by atoms with Crippen LogP contribution >= 0.6 is 11.3 Å². The van der Waals surface area contributed by atoms with Crippen molar-refractivity contribution < 1.29 is 47.7 Å². The van der Waals surface area contributed by atoms with Crippen molar-refractivity contribution in [2.45, 2.75) is 103 Å². The molecule has 2 fully saturated rings. The summed E-state index contributed by atoms with van der Waals surface area (Å²) in [6.45, 7) is 6.80. The molecule has 1 saturated carbocycles. The lowest BCUT2D eigenvalue weighted by Crippen LogP contribution is -2.62. The minimum atomic E-state index is -1.42. The van der Waals surface area contributed by atoms with Crippen molar-refractivity contribution in [3.8, 4) is 10.4 Å². The zero-order valence-corrected chi connectivity index (χ0v) is 27.8. The molecule has 12 heteroatoms. The Balaban J connectivity index is 1.39. The molecule has 5 atom stereocenters. The number of amides is 1. The summed E-state index contributed by atoms with van der Waals surface area (Å²) in [6.07, 6.45) is -0.286. The summed E-state index contributed by atoms with van der Waals surface area (Å²) < 4.78 is 28.2. The minimum absolute atomic E-state index is 0.0497. The van der Waals surface area contributed by atoms with E-state index in [0.717, 1.165) is 46.2 Å². The van der Waals surface area contributed by atoms with Crippen LogP contribution in [0, 0.1) is 0 Å². The third kappa shape index (κ3) is 8.75. The van der Waals surface area contributed by atoms with E-state index in [9.17, 15) is 24.0 Å². The molecule has 2 aromatic rings. The quantitative estimate of drug-likeness (QED) is 0.273. The van der Waals surface area contributed by atoms with Gasteiger partial charge in [0.05, 0.1) is 0 Å². The summed E-state index contributed by atoms with van der Waals surface area (Å²) in [5, 5.41) is 3.01. The van der Waals surface area contributed by atoms with Gasteiger partial charge in [-0.15, -0.1) is 11.3 Å². The number of hydrogen-bond acceptors (Lipinski definition) is 11. The number of nitrogens with one attached hydrogen (secondary N) is 1. The van der Waals surface area contributed by atoms with Crippen LogP contribution in [0.15, 0.2) is 59.2 Å². The van der Waals surface area contributed by atoms with Gasteiger partial charge in [-0.05, 0) is 73.6 Å². The molecule has 3 aliphatic rings. The number of carbonyl (C=O) groups excluding carboxylic acids is 5. The maximum absolute atomic E-state index is 12.4. The zero-order chi connectivity index (χ0) is 33.8. The Kier molecular flexibility index (Phi) is 10.6. The first-order valence-corrected chi connectivity index (χ1v) is 16.4. The lowest BCUT2D eigenvalue weighted by molar-refractivity contribution is -0.289. The molecule has 250 valence electrons. The number of hydrogen-bond donors (Lipinski definition) is 1. The second kappa shape index (κ2) is 14.6. The molecule has 1 aromatic carbocycles. The third-order valence-corrected chi connectivity index (χ3v) is 9.25. The maximum Gasteiger partial charge on any atom is 0.305 e. The van der Waals surface area contributed by atoms with Crippen molar-refractivity contribution in [3.63, 3.8) is 0 Å². The molecule has 2 heterocycles. The van der Waals surface area contributed by atoms with Gasteiger partial charge in [-0.3, -0.25) is 24.0 Å². The van der Waals surface area contributed by atoms with Gasteiger partial charge < -0.3 is 29.0 Å². The van der Waals surface area contributed by atoms with Gasteiger partial charge in [0.15, 0.2) is 12.2 Å². The van der Waals surface area contributed by atoms with Crippen molar-refractivity contribution in [1.82, 2.24) is 5.32 Å². The lowest BCUT2D eigenvalue weighted by Gasteiger charge is -2.45. The average molecular weight is 666 g/mol. The minimum Gasteiger partial charge on any atom is -0.455 e. The van der Waals surface area contributed by atoms with Crippen molar-refractivity contribution in [1.29, 1.82) is 0 Å². The Bertz CT molecular complexity index is 1600. The number of benzene rings is 1. The van der Waals surface area contributed by atoms with E-state index in [1.165, 1.54) is 26.3 Å². The monoisotopic (exact) mass is 665 g/mol. The van der Waals surface area contributed by atoms with Crippen LogP contribution < -0.4 is 5.32 Å². The average Bonchev–Trinajstić information content (AvgIpc) is 3.69. The molecule has 1 amide bonds. The van der Waals surface area contributed by atoms with Crippen LogP contribution in [0.2, 0.25) is 0 Å². The topological polar surface area (TPSA) is 144 Å². The van der Waals surface area contributed by atoms with Crippen molar-refractivity contribution in [2.75, 3.05) is 0 Å². The summed E-state index contributed by atoms with van der Waals surface area (Å²) in [7, 11) is 0. The number of carbonyl (C=O) groups is 5. The predicted molar refractivity (Wildman–Crippen MR) is 171 cm³/mol. The fraction of sp³-hybridized carbons (Fsp3) is 0.457. The summed E-state index contributed by atoms with van der Waals surface area (Å²) >= 11 is 1.65. The summed E-state index contributed by atoms with van der Waals surface area (Å²) in [5.41, 5.74) is 4.64. The molecule has 1 aliphatic heterocycles. The van der Waals surface area contributed by atoms with Crippen LogP contribution in [0.5, 0.6) is 0 Å². The molecule has 1 saturated heterocycles. The molecule has 11 nitrogen and oxygen atoms in total. The maximum atomic E-state index is 12.4. The largest absolute Gasteiger partial charge is 0.455 e. The molecular weight excluding hydrogens is 626 g/mol. The predicted octanol–water partition coefficient (Wildman–Crippen LogP) is 4.97. The second-order valence-electron chi connectivity index (χ2n) is 12.0. The first-order valence-electron chi connectivity index (χ1n) is 15.6. The number of esters is 4. The van der Waals surface area contributed by atoms with E-state index in [1.54, 1.807) is 11.3 Å². The van der Waals surface area contributed by atoms with Gasteiger partial charge in [-0.1, -0.05) is 23.8 Å². The summed E-state index contributed by atoms with van der Waals surface area (Å²) in [6, 6.07) is 12.0. The molecule has 47 heavy (non-hydrogen) atoms. The molecule has 0 spiro atoms. The van der Waals surface area contributed by atoms with Crippen LogP contribution in [0.25, 0.3) is 10.4 Å². The fourth-order valence-corrected chi connectivity index (χ4v) is 6.80. The van der Waals surface area contributed by atoms with Crippen LogP contribution in [0.4, 0.5) is 0 Å². The van der Waals surface area contributed by atoms with Gasteiger partial charge in [-0.25, -0.2) is 0 Å². The standard InChI is InChI=1S/C35H39NO10S/c1-18-6-7-25(30-31(42-19(2)37)32(43-20(3)38)33(44-21(4)39)35(46-30)45-22(5)40)16-26(18)17-28-14-15-29(47-28)23-8-10-24(11-9-23)34(41)36-27-12-13-27/h8-11,14-16,27,30-33,35H,6-7,12-13,17H2,1-5H3,(H,36,41)/t30?,31-,32+,33-,35-/m0/s1. The Hall–Kier alpha value is -4.29. The molecule has 1 N–H and O–H groups in total. The molecule has 0 bridgehead atoms. The molecule has 1 aromatic heterocycles. The smallest absolute Gasteiger partial charge is 0.305 e. The number of thiophene rings is 1. The van der Waals surface area contributed by atoms with Crippen LogP contribution in [0.1, 0.15) is 75.5 Å². The van der Waals surface area contributed by atoms with Crippen molar-refractivity contribution in [3.05, 3.63) is 69.6 Å². The molecular formula is C35H39NO10S. The molecule has 5 rings (SSSR count). The van der Waals surface area contributed by atoms with Crippen molar-refractivity contribution in [2.24, 2.45) is 0 Å². The van der Waals surface area contributed by atoms with Crippen LogP contribution in [0.3, 0.4) is 0 Å². The second-order valence-corrected chi connectivity index (χ2v) is 13.2. The SMILES string of the molecule is CC(=O)O[C@H]1OC(C2=CC(Cc3ccc(-c4ccc(C(=O)NC5CC5)cc4)s3)=C(C)CC2)[C@H](OC(C)=O)[C@@H](OC(C)=O)[C@@H]1OC(C)=O. The molecule has 0 radical (unpaired) electrons. The van der Waals surface area contributed by atoms with Gasteiger partial charge in [0.1, 0.15) is 6.10 Å². The fourth-order valence-electron chi connectivity index (χ4n) is 5.77. The van der Waals surface area contributed by atoms with E-state index in [4.69, 9.17) is 23.7 Å². The van der Waals surface area contributed by atoms with E-state index in [2.05, 4.69) is 24.4 Å². The highest BCUT2D eigenvalue weighted by Crippen LogP contribution is 2.38. The Labute approximate surface area is 277 Å². The van der Waals surface area contributed by atoms with Gasteiger partial charge in [-0.2, -0.15) is 0 Å². The van der Waals surface area contributed by atoms with E-state index < -0.39 is 54.6 Å².